The average Bonchev–Trinajstić information content (AvgIpc) is 3.18. The van der Waals surface area contributed by atoms with Crippen LogP contribution < -0.4 is 11.1 Å². The van der Waals surface area contributed by atoms with Crippen LogP contribution in [-0.4, -0.2) is 31.8 Å². The molecular weight excluding hydrogens is 348 g/mol. The van der Waals surface area contributed by atoms with Crippen LogP contribution in [0.25, 0.3) is 11.3 Å². The Balaban J connectivity index is 1.39. The van der Waals surface area contributed by atoms with Crippen LogP contribution in [0.15, 0.2) is 18.5 Å². The minimum atomic E-state index is 0.358. The van der Waals surface area contributed by atoms with Gasteiger partial charge >= 0.3 is 0 Å². The third-order valence-corrected chi connectivity index (χ3v) is 6.78. The van der Waals surface area contributed by atoms with Gasteiger partial charge in [-0.15, -0.1) is 0 Å². The van der Waals surface area contributed by atoms with Gasteiger partial charge in [0.1, 0.15) is 0 Å². The van der Waals surface area contributed by atoms with Gasteiger partial charge in [0.2, 0.25) is 5.95 Å². The van der Waals surface area contributed by atoms with Crippen molar-refractivity contribution in [1.82, 2.24) is 19.7 Å². The molecule has 0 radical (unpaired) electrons. The molecule has 0 atom stereocenters. The molecule has 5 rings (SSSR count). The molecule has 6 nitrogen and oxygen atoms in total. The SMILES string of the molecule is N[C@H]1CC[C@H](Nc2nccc(-c3cnn(C4CCCC4)c3CC3CC3)n2)CC1. The standard InChI is InChI=1S/C22H32N6/c23-16-7-9-17(10-8-16)26-22-24-12-11-20(27-22)19-14-25-28(18-3-1-2-4-18)21(19)13-15-5-6-15/h11-12,14-18H,1-10,13,23H2,(H,24,26,27)/t16-,17-. The number of rotatable bonds is 6. The van der Waals surface area contributed by atoms with E-state index in [0.717, 1.165) is 49.7 Å². The Labute approximate surface area is 167 Å². The third kappa shape index (κ3) is 3.93. The summed E-state index contributed by atoms with van der Waals surface area (Å²) in [5.74, 6) is 1.57. The monoisotopic (exact) mass is 380 g/mol. The second-order valence-corrected chi connectivity index (χ2v) is 9.06. The van der Waals surface area contributed by atoms with Crippen LogP contribution in [0, 0.1) is 5.92 Å². The highest BCUT2D eigenvalue weighted by Crippen LogP contribution is 2.38. The smallest absolute Gasteiger partial charge is 0.223 e. The summed E-state index contributed by atoms with van der Waals surface area (Å²) in [4.78, 5) is 9.36. The fourth-order valence-corrected chi connectivity index (χ4v) is 4.89. The van der Waals surface area contributed by atoms with E-state index in [4.69, 9.17) is 15.8 Å². The highest BCUT2D eigenvalue weighted by atomic mass is 15.3. The van der Waals surface area contributed by atoms with Gasteiger partial charge in [-0.2, -0.15) is 5.10 Å². The van der Waals surface area contributed by atoms with Crippen LogP contribution >= 0.6 is 0 Å². The summed E-state index contributed by atoms with van der Waals surface area (Å²) >= 11 is 0. The molecule has 3 aliphatic carbocycles. The molecule has 2 aromatic heterocycles. The Morgan fingerprint density at radius 3 is 2.57 bits per heavy atom. The van der Waals surface area contributed by atoms with Crippen LogP contribution in [0.5, 0.6) is 0 Å². The van der Waals surface area contributed by atoms with E-state index in [-0.39, 0.29) is 0 Å². The van der Waals surface area contributed by atoms with Crippen molar-refractivity contribution in [1.29, 1.82) is 0 Å². The van der Waals surface area contributed by atoms with Crippen molar-refractivity contribution in [3.63, 3.8) is 0 Å². The molecular formula is C22H32N6. The first kappa shape index (κ1) is 18.1. The Morgan fingerprint density at radius 1 is 1.04 bits per heavy atom. The summed E-state index contributed by atoms with van der Waals surface area (Å²) in [6.07, 6.45) is 17.3. The van der Waals surface area contributed by atoms with Crippen molar-refractivity contribution in [3.8, 4) is 11.3 Å². The van der Waals surface area contributed by atoms with Crippen molar-refractivity contribution < 1.29 is 0 Å². The fourth-order valence-electron chi connectivity index (χ4n) is 4.89. The fraction of sp³-hybridized carbons (Fsp3) is 0.682. The molecule has 3 N–H and O–H groups in total. The van der Waals surface area contributed by atoms with Gasteiger partial charge < -0.3 is 11.1 Å². The molecule has 28 heavy (non-hydrogen) atoms. The van der Waals surface area contributed by atoms with Gasteiger partial charge in [0.25, 0.3) is 0 Å². The first-order valence-corrected chi connectivity index (χ1v) is 11.2. The highest BCUT2D eigenvalue weighted by molar-refractivity contribution is 5.62. The third-order valence-electron chi connectivity index (χ3n) is 6.78. The quantitative estimate of drug-likeness (QED) is 0.789. The molecule has 150 valence electrons. The number of hydrogen-bond acceptors (Lipinski definition) is 5. The normalized spacial score (nSPS) is 25.9. The van der Waals surface area contributed by atoms with E-state index in [2.05, 4.69) is 15.0 Å². The average molecular weight is 381 g/mol. The molecule has 6 heteroatoms. The van der Waals surface area contributed by atoms with E-state index in [1.54, 1.807) is 0 Å². The number of anilines is 1. The largest absolute Gasteiger partial charge is 0.351 e. The lowest BCUT2D eigenvalue weighted by Crippen LogP contribution is -2.33. The van der Waals surface area contributed by atoms with Crippen LogP contribution in [0.3, 0.4) is 0 Å². The van der Waals surface area contributed by atoms with Crippen molar-refractivity contribution in [2.75, 3.05) is 5.32 Å². The Morgan fingerprint density at radius 2 is 1.82 bits per heavy atom. The van der Waals surface area contributed by atoms with Gasteiger partial charge in [0.15, 0.2) is 0 Å². The first-order chi connectivity index (χ1) is 13.8. The van der Waals surface area contributed by atoms with Gasteiger partial charge in [0, 0.05) is 29.5 Å². The number of aromatic nitrogens is 4. The molecule has 0 amide bonds. The molecule has 2 aromatic rings. The Kier molecular flexibility index (Phi) is 5.05. The predicted molar refractivity (Wildman–Crippen MR) is 111 cm³/mol. The Bertz CT molecular complexity index is 797. The summed E-state index contributed by atoms with van der Waals surface area (Å²) < 4.78 is 2.33. The lowest BCUT2D eigenvalue weighted by Gasteiger charge is -2.26. The van der Waals surface area contributed by atoms with E-state index in [0.29, 0.717) is 18.1 Å². The molecule has 3 fully saturated rings. The molecule has 0 saturated heterocycles. The summed E-state index contributed by atoms with van der Waals surface area (Å²) in [6, 6.07) is 3.40. The van der Waals surface area contributed by atoms with E-state index in [9.17, 15) is 0 Å². The lowest BCUT2D eigenvalue weighted by molar-refractivity contribution is 0.410. The van der Waals surface area contributed by atoms with Crippen molar-refractivity contribution >= 4 is 5.95 Å². The number of nitrogens with two attached hydrogens (primary N) is 1. The zero-order chi connectivity index (χ0) is 18.9. The molecule has 0 spiro atoms. The van der Waals surface area contributed by atoms with Gasteiger partial charge in [-0.05, 0) is 69.8 Å². The molecule has 0 aromatic carbocycles. The van der Waals surface area contributed by atoms with E-state index in [1.165, 1.54) is 49.8 Å². The number of nitrogens with zero attached hydrogens (tertiary/aromatic N) is 4. The highest BCUT2D eigenvalue weighted by Gasteiger charge is 2.29. The zero-order valence-electron chi connectivity index (χ0n) is 16.7. The van der Waals surface area contributed by atoms with Gasteiger partial charge in [-0.3, -0.25) is 4.68 Å². The maximum atomic E-state index is 6.04. The second kappa shape index (κ2) is 7.82. The maximum Gasteiger partial charge on any atom is 0.223 e. The summed E-state index contributed by atoms with van der Waals surface area (Å²) in [6.45, 7) is 0. The molecule has 3 aliphatic rings. The maximum absolute atomic E-state index is 6.04. The van der Waals surface area contributed by atoms with Crippen LogP contribution in [0.4, 0.5) is 5.95 Å². The lowest BCUT2D eigenvalue weighted by atomic mass is 9.92. The Hall–Kier alpha value is -1.95. The molecule has 0 aliphatic heterocycles. The topological polar surface area (TPSA) is 81.6 Å². The van der Waals surface area contributed by atoms with Gasteiger partial charge in [-0.25, -0.2) is 9.97 Å². The van der Waals surface area contributed by atoms with E-state index < -0.39 is 0 Å². The van der Waals surface area contributed by atoms with E-state index in [1.807, 2.05) is 18.5 Å². The first-order valence-electron chi connectivity index (χ1n) is 11.2. The minimum absolute atomic E-state index is 0.358. The molecule has 0 unspecified atom stereocenters. The summed E-state index contributed by atoms with van der Waals surface area (Å²) in [5.41, 5.74) is 9.64. The number of hydrogen-bond donors (Lipinski definition) is 2. The van der Waals surface area contributed by atoms with Gasteiger partial charge in [0.05, 0.1) is 17.9 Å². The summed E-state index contributed by atoms with van der Waals surface area (Å²) in [5, 5.41) is 8.37. The number of nitrogens with one attached hydrogen (secondary N) is 1. The van der Waals surface area contributed by atoms with Gasteiger partial charge in [-0.1, -0.05) is 12.8 Å². The minimum Gasteiger partial charge on any atom is -0.351 e. The molecule has 0 bridgehead atoms. The molecule has 3 saturated carbocycles. The second-order valence-electron chi connectivity index (χ2n) is 9.06. The van der Waals surface area contributed by atoms with Crippen LogP contribution in [0.1, 0.15) is 75.9 Å². The van der Waals surface area contributed by atoms with Crippen molar-refractivity contribution in [2.45, 2.75) is 88.8 Å². The predicted octanol–water partition coefficient (Wildman–Crippen LogP) is 4.09. The molecule has 2 heterocycles. The van der Waals surface area contributed by atoms with Crippen LogP contribution in [0.2, 0.25) is 0 Å². The van der Waals surface area contributed by atoms with Crippen molar-refractivity contribution in [3.05, 3.63) is 24.2 Å². The van der Waals surface area contributed by atoms with Crippen molar-refractivity contribution in [2.24, 2.45) is 11.7 Å². The van der Waals surface area contributed by atoms with E-state index >= 15 is 0 Å². The van der Waals surface area contributed by atoms with Crippen LogP contribution in [-0.2, 0) is 6.42 Å². The zero-order valence-corrected chi connectivity index (χ0v) is 16.7. The summed E-state index contributed by atoms with van der Waals surface area (Å²) in [7, 11) is 0.